The van der Waals surface area contributed by atoms with Gasteiger partial charge in [-0.1, -0.05) is 31.5 Å². The summed E-state index contributed by atoms with van der Waals surface area (Å²) in [5.41, 5.74) is 1.47. The van der Waals surface area contributed by atoms with Crippen molar-refractivity contribution in [3.63, 3.8) is 0 Å². The van der Waals surface area contributed by atoms with Gasteiger partial charge in [0.15, 0.2) is 0 Å². The molecule has 1 atom stereocenters. The molecule has 0 amide bonds. The molecular formula is C15H22N2S. The molecule has 0 radical (unpaired) electrons. The Kier molecular flexibility index (Phi) is 5.12. The van der Waals surface area contributed by atoms with E-state index in [1.807, 2.05) is 18.1 Å². The van der Waals surface area contributed by atoms with Crippen molar-refractivity contribution in [2.24, 2.45) is 4.99 Å². The third kappa shape index (κ3) is 3.52. The van der Waals surface area contributed by atoms with E-state index >= 15 is 0 Å². The number of hydrogen-bond donors (Lipinski definition) is 0. The Morgan fingerprint density at radius 3 is 3.00 bits per heavy atom. The molecule has 0 aliphatic carbocycles. The lowest BCUT2D eigenvalue weighted by atomic mass is 9.98. The smallest absolute Gasteiger partial charge is 0.0847 e. The summed E-state index contributed by atoms with van der Waals surface area (Å²) in [6.45, 7) is 4.25. The van der Waals surface area contributed by atoms with E-state index in [9.17, 15) is 0 Å². The number of aliphatic imine (C=N–C) groups is 1. The molecule has 0 spiro atoms. The minimum Gasteiger partial charge on any atom is -0.365 e. The fourth-order valence-electron chi connectivity index (χ4n) is 2.24. The maximum absolute atomic E-state index is 4.45. The monoisotopic (exact) mass is 262 g/mol. The van der Waals surface area contributed by atoms with E-state index in [1.165, 1.54) is 29.1 Å². The van der Waals surface area contributed by atoms with Crippen molar-refractivity contribution >= 4 is 18.1 Å². The highest BCUT2D eigenvalue weighted by molar-refractivity contribution is 7.99. The van der Waals surface area contributed by atoms with Crippen LogP contribution in [0.25, 0.3) is 0 Å². The van der Waals surface area contributed by atoms with Gasteiger partial charge >= 0.3 is 0 Å². The van der Waals surface area contributed by atoms with Gasteiger partial charge in [0, 0.05) is 31.0 Å². The Bertz CT molecular complexity index is 403. The van der Waals surface area contributed by atoms with Crippen molar-refractivity contribution in [3.8, 4) is 0 Å². The highest BCUT2D eigenvalue weighted by Crippen LogP contribution is 2.30. The minimum atomic E-state index is 0.547. The first-order valence-corrected chi connectivity index (χ1v) is 7.71. The zero-order valence-corrected chi connectivity index (χ0v) is 12.1. The molecule has 0 N–H and O–H groups in total. The molecule has 1 aromatic carbocycles. The van der Waals surface area contributed by atoms with Crippen LogP contribution in [0.3, 0.4) is 0 Å². The summed E-state index contributed by atoms with van der Waals surface area (Å²) in [7, 11) is 2.10. The Balaban J connectivity index is 2.09. The van der Waals surface area contributed by atoms with Gasteiger partial charge < -0.3 is 4.90 Å². The molecule has 0 saturated heterocycles. The average Bonchev–Trinajstić information content (AvgIpc) is 2.40. The molecule has 1 unspecified atom stereocenters. The summed E-state index contributed by atoms with van der Waals surface area (Å²) in [5.74, 6) is 1.77. The van der Waals surface area contributed by atoms with Gasteiger partial charge in [-0.15, -0.1) is 11.8 Å². The lowest BCUT2D eigenvalue weighted by Gasteiger charge is -2.27. The van der Waals surface area contributed by atoms with E-state index in [1.54, 1.807) is 0 Å². The predicted octanol–water partition coefficient (Wildman–Crippen LogP) is 3.64. The number of unbranched alkanes of at least 4 members (excludes halogenated alkanes) is 1. The summed E-state index contributed by atoms with van der Waals surface area (Å²) in [4.78, 5) is 8.07. The second-order valence-electron chi connectivity index (χ2n) is 4.86. The predicted molar refractivity (Wildman–Crippen MR) is 80.8 cm³/mol. The minimum absolute atomic E-state index is 0.547. The van der Waals surface area contributed by atoms with E-state index < -0.39 is 0 Å². The van der Waals surface area contributed by atoms with Crippen LogP contribution in [0.2, 0.25) is 0 Å². The molecule has 1 heterocycles. The maximum atomic E-state index is 4.45. The number of thioether (sulfide) groups is 1. The van der Waals surface area contributed by atoms with Gasteiger partial charge in [-0.2, -0.15) is 0 Å². The molecule has 0 bridgehead atoms. The molecule has 18 heavy (non-hydrogen) atoms. The van der Waals surface area contributed by atoms with Gasteiger partial charge in [0.2, 0.25) is 0 Å². The molecule has 3 heteroatoms. The van der Waals surface area contributed by atoms with E-state index in [0.29, 0.717) is 5.92 Å². The SMILES string of the molecule is CCCCSc1ccccc1C1CN=CN(C)C1. The number of benzene rings is 1. The average molecular weight is 262 g/mol. The van der Waals surface area contributed by atoms with Crippen molar-refractivity contribution < 1.29 is 0 Å². The number of rotatable bonds is 5. The van der Waals surface area contributed by atoms with Crippen molar-refractivity contribution in [2.75, 3.05) is 25.9 Å². The molecule has 1 aromatic rings. The molecule has 2 nitrogen and oxygen atoms in total. The molecular weight excluding hydrogens is 240 g/mol. The molecule has 98 valence electrons. The summed E-state index contributed by atoms with van der Waals surface area (Å²) < 4.78 is 0. The number of likely N-dealkylation sites (N-methyl/N-ethyl adjacent to an activating group) is 1. The second kappa shape index (κ2) is 6.83. The van der Waals surface area contributed by atoms with Crippen LogP contribution in [0.5, 0.6) is 0 Å². The fraction of sp³-hybridized carbons (Fsp3) is 0.533. The second-order valence-corrected chi connectivity index (χ2v) is 5.99. The van der Waals surface area contributed by atoms with Crippen molar-refractivity contribution in [3.05, 3.63) is 29.8 Å². The fourth-order valence-corrected chi connectivity index (χ4v) is 3.47. The first-order valence-electron chi connectivity index (χ1n) is 6.73. The lowest BCUT2D eigenvalue weighted by molar-refractivity contribution is 0.437. The van der Waals surface area contributed by atoms with E-state index in [2.05, 4.69) is 48.1 Å². The Hall–Kier alpha value is -0.960. The van der Waals surface area contributed by atoms with Gasteiger partial charge in [-0.25, -0.2) is 0 Å². The van der Waals surface area contributed by atoms with Gasteiger partial charge in [0.25, 0.3) is 0 Å². The molecule has 2 rings (SSSR count). The van der Waals surface area contributed by atoms with Gasteiger partial charge in [-0.05, 0) is 23.8 Å². The van der Waals surface area contributed by atoms with Crippen LogP contribution in [0.1, 0.15) is 31.2 Å². The summed E-state index contributed by atoms with van der Waals surface area (Å²) in [6, 6.07) is 8.83. The van der Waals surface area contributed by atoms with Crippen LogP contribution in [0.4, 0.5) is 0 Å². The molecule has 1 aliphatic rings. The summed E-state index contributed by atoms with van der Waals surface area (Å²) in [6.07, 6.45) is 4.51. The van der Waals surface area contributed by atoms with Crippen molar-refractivity contribution in [2.45, 2.75) is 30.6 Å². The molecule has 0 saturated carbocycles. The topological polar surface area (TPSA) is 15.6 Å². The van der Waals surface area contributed by atoms with E-state index in [-0.39, 0.29) is 0 Å². The molecule has 0 aromatic heterocycles. The Labute approximate surface area is 114 Å². The third-order valence-electron chi connectivity index (χ3n) is 3.23. The zero-order chi connectivity index (χ0) is 12.8. The van der Waals surface area contributed by atoms with Crippen LogP contribution < -0.4 is 0 Å². The van der Waals surface area contributed by atoms with Gasteiger partial charge in [0.05, 0.1) is 6.34 Å². The molecule has 1 aliphatic heterocycles. The normalized spacial score (nSPS) is 19.2. The largest absolute Gasteiger partial charge is 0.365 e. The Morgan fingerprint density at radius 1 is 1.39 bits per heavy atom. The van der Waals surface area contributed by atoms with Gasteiger partial charge in [-0.3, -0.25) is 4.99 Å². The summed E-state index contributed by atoms with van der Waals surface area (Å²) in [5, 5.41) is 0. The zero-order valence-electron chi connectivity index (χ0n) is 11.3. The van der Waals surface area contributed by atoms with Crippen LogP contribution >= 0.6 is 11.8 Å². The summed E-state index contributed by atoms with van der Waals surface area (Å²) >= 11 is 2.00. The van der Waals surface area contributed by atoms with Crippen LogP contribution in [0, 0.1) is 0 Å². The highest BCUT2D eigenvalue weighted by atomic mass is 32.2. The molecule has 0 fully saturated rings. The maximum Gasteiger partial charge on any atom is 0.0847 e. The lowest BCUT2D eigenvalue weighted by Crippen LogP contribution is -2.29. The van der Waals surface area contributed by atoms with E-state index in [4.69, 9.17) is 0 Å². The number of hydrogen-bond acceptors (Lipinski definition) is 3. The van der Waals surface area contributed by atoms with Crippen molar-refractivity contribution in [1.82, 2.24) is 4.90 Å². The van der Waals surface area contributed by atoms with Crippen LogP contribution in [-0.2, 0) is 0 Å². The van der Waals surface area contributed by atoms with Crippen molar-refractivity contribution in [1.29, 1.82) is 0 Å². The highest BCUT2D eigenvalue weighted by Gasteiger charge is 2.18. The first-order chi connectivity index (χ1) is 8.81. The first kappa shape index (κ1) is 13.5. The standard InChI is InChI=1S/C15H22N2S/c1-3-4-9-18-15-8-6-5-7-14(15)13-10-16-12-17(2)11-13/h5-8,12-13H,3-4,9-11H2,1-2H3. The van der Waals surface area contributed by atoms with Crippen LogP contribution in [-0.4, -0.2) is 37.1 Å². The third-order valence-corrected chi connectivity index (χ3v) is 4.40. The van der Waals surface area contributed by atoms with Gasteiger partial charge in [0.1, 0.15) is 0 Å². The van der Waals surface area contributed by atoms with E-state index in [0.717, 1.165) is 13.1 Å². The van der Waals surface area contributed by atoms with Crippen LogP contribution in [0.15, 0.2) is 34.2 Å². The quantitative estimate of drug-likeness (QED) is 0.595. The number of nitrogens with zero attached hydrogens (tertiary/aromatic N) is 2. The Morgan fingerprint density at radius 2 is 2.22 bits per heavy atom.